The van der Waals surface area contributed by atoms with Gasteiger partial charge in [-0.1, -0.05) is 47.5 Å². The molecule has 1 N–H and O–H groups in total. The largest absolute Gasteiger partial charge is 0.378 e. The second-order valence-electron chi connectivity index (χ2n) is 7.65. The highest BCUT2D eigenvalue weighted by molar-refractivity contribution is 9.10. The van der Waals surface area contributed by atoms with Gasteiger partial charge in [-0.15, -0.1) is 0 Å². The molecule has 0 aromatic heterocycles. The summed E-state index contributed by atoms with van der Waals surface area (Å²) in [5.41, 5.74) is 1.19. The number of halogens is 1. The standard InChI is InChI=1S/C22H19BrN4O4S2/c1-12(2)21-26-27-19(24)17(20(28)25-22(27)32-21)11-14-10-15(23)6-9-18(14)31-33(29,30)16-7-4-13(3)5-8-16/h4-12,24H,1-3H3/b17-11+,24-19?. The number of nitrogens with one attached hydrogen (secondary N) is 1. The number of rotatable bonds is 5. The quantitative estimate of drug-likeness (QED) is 0.425. The van der Waals surface area contributed by atoms with Crippen molar-refractivity contribution in [1.82, 2.24) is 5.01 Å². The summed E-state index contributed by atoms with van der Waals surface area (Å²) in [4.78, 5) is 16.8. The van der Waals surface area contributed by atoms with E-state index in [-0.39, 0.29) is 28.0 Å². The summed E-state index contributed by atoms with van der Waals surface area (Å²) in [5, 5.41) is 15.3. The first-order valence-electron chi connectivity index (χ1n) is 9.86. The molecule has 0 bridgehead atoms. The Labute approximate surface area is 204 Å². The summed E-state index contributed by atoms with van der Waals surface area (Å²) >= 11 is 4.61. The first-order valence-corrected chi connectivity index (χ1v) is 12.9. The molecule has 0 unspecified atom stereocenters. The molecule has 170 valence electrons. The third-order valence-corrected chi connectivity index (χ3v) is 7.70. The summed E-state index contributed by atoms with van der Waals surface area (Å²) in [6, 6.07) is 11.0. The molecule has 0 fully saturated rings. The van der Waals surface area contributed by atoms with E-state index in [9.17, 15) is 13.2 Å². The highest BCUT2D eigenvalue weighted by Gasteiger charge is 2.36. The van der Waals surface area contributed by atoms with Crippen molar-refractivity contribution >= 4 is 65.8 Å². The number of fused-ring (bicyclic) bond motifs is 1. The topological polar surface area (TPSA) is 112 Å². The van der Waals surface area contributed by atoms with E-state index in [1.54, 1.807) is 24.3 Å². The molecule has 0 radical (unpaired) electrons. The van der Waals surface area contributed by atoms with Crippen LogP contribution in [0.25, 0.3) is 6.08 Å². The molecule has 4 rings (SSSR count). The van der Waals surface area contributed by atoms with Gasteiger partial charge in [-0.25, -0.2) is 0 Å². The molecule has 0 spiro atoms. The van der Waals surface area contributed by atoms with Crippen molar-refractivity contribution < 1.29 is 17.4 Å². The number of hydrogen-bond acceptors (Lipinski definition) is 7. The number of amides is 1. The molecule has 2 aromatic rings. The lowest BCUT2D eigenvalue weighted by molar-refractivity contribution is -0.114. The Morgan fingerprint density at radius 2 is 1.88 bits per heavy atom. The van der Waals surface area contributed by atoms with Gasteiger partial charge in [0.25, 0.3) is 5.91 Å². The third-order valence-electron chi connectivity index (χ3n) is 4.74. The minimum atomic E-state index is -4.11. The number of carbonyl (C=O) groups excluding carboxylic acids is 1. The molecule has 0 atom stereocenters. The number of thioether (sulfide) groups is 1. The summed E-state index contributed by atoms with van der Waals surface area (Å²) in [5.74, 6) is -0.605. The van der Waals surface area contributed by atoms with E-state index in [0.717, 1.165) is 10.6 Å². The number of aliphatic imine (C=N–C) groups is 1. The summed E-state index contributed by atoms with van der Waals surface area (Å²) in [7, 11) is -4.11. The van der Waals surface area contributed by atoms with Crippen LogP contribution in [0.15, 0.2) is 67.5 Å². The zero-order chi connectivity index (χ0) is 23.9. The van der Waals surface area contributed by atoms with Crippen molar-refractivity contribution in [3.8, 4) is 5.75 Å². The lowest BCUT2D eigenvalue weighted by Gasteiger charge is -2.20. The lowest BCUT2D eigenvalue weighted by atomic mass is 10.1. The Morgan fingerprint density at radius 3 is 2.55 bits per heavy atom. The SMILES string of the molecule is Cc1ccc(S(=O)(=O)Oc2ccc(Br)cc2/C=C2\C(=N)N3N=C(C(C)C)SC3=NC2=O)cc1. The molecule has 2 aliphatic rings. The smallest absolute Gasteiger partial charge is 0.339 e. The molecule has 33 heavy (non-hydrogen) atoms. The number of amidine groups is 2. The lowest BCUT2D eigenvalue weighted by Crippen LogP contribution is -2.35. The van der Waals surface area contributed by atoms with Crippen LogP contribution < -0.4 is 4.18 Å². The number of hydrazone groups is 1. The van der Waals surface area contributed by atoms with Crippen LogP contribution in [-0.2, 0) is 14.9 Å². The van der Waals surface area contributed by atoms with E-state index in [1.165, 1.54) is 41.0 Å². The maximum atomic E-state index is 12.8. The number of nitrogens with zero attached hydrogens (tertiary/aromatic N) is 3. The summed E-state index contributed by atoms with van der Waals surface area (Å²) < 4.78 is 31.7. The zero-order valence-corrected chi connectivity index (χ0v) is 21.1. The monoisotopic (exact) mass is 546 g/mol. The molecule has 2 heterocycles. The van der Waals surface area contributed by atoms with Crippen LogP contribution in [0.4, 0.5) is 0 Å². The molecule has 2 aliphatic heterocycles. The fraction of sp³-hybridized carbons (Fsp3) is 0.182. The Bertz CT molecular complexity index is 1360. The zero-order valence-electron chi connectivity index (χ0n) is 17.9. The second-order valence-corrected chi connectivity index (χ2v) is 11.1. The first kappa shape index (κ1) is 23.4. The number of aryl methyl sites for hydroxylation is 1. The van der Waals surface area contributed by atoms with Crippen LogP contribution >= 0.6 is 27.7 Å². The predicted molar refractivity (Wildman–Crippen MR) is 133 cm³/mol. The first-order chi connectivity index (χ1) is 15.5. The molecular weight excluding hydrogens is 528 g/mol. The molecule has 0 saturated heterocycles. The van der Waals surface area contributed by atoms with E-state index in [0.29, 0.717) is 15.2 Å². The van der Waals surface area contributed by atoms with Crippen LogP contribution in [0.2, 0.25) is 0 Å². The van der Waals surface area contributed by atoms with E-state index >= 15 is 0 Å². The highest BCUT2D eigenvalue weighted by atomic mass is 79.9. The van der Waals surface area contributed by atoms with Gasteiger partial charge in [0, 0.05) is 16.0 Å². The molecule has 1 amide bonds. The minimum Gasteiger partial charge on any atom is -0.378 e. The van der Waals surface area contributed by atoms with Crippen molar-refractivity contribution in [3.63, 3.8) is 0 Å². The van der Waals surface area contributed by atoms with Crippen molar-refractivity contribution in [1.29, 1.82) is 5.41 Å². The molecule has 8 nitrogen and oxygen atoms in total. The van der Waals surface area contributed by atoms with E-state index in [1.807, 2.05) is 20.8 Å². The molecule has 11 heteroatoms. The second kappa shape index (κ2) is 8.88. The van der Waals surface area contributed by atoms with Crippen molar-refractivity contribution in [2.24, 2.45) is 16.0 Å². The number of benzene rings is 2. The molecule has 0 aliphatic carbocycles. The van der Waals surface area contributed by atoms with Crippen molar-refractivity contribution in [2.45, 2.75) is 25.7 Å². The summed E-state index contributed by atoms with van der Waals surface area (Å²) in [6.45, 7) is 5.78. The van der Waals surface area contributed by atoms with Crippen LogP contribution in [0.3, 0.4) is 0 Å². The maximum Gasteiger partial charge on any atom is 0.339 e. The van der Waals surface area contributed by atoms with Gasteiger partial charge < -0.3 is 4.18 Å². The average Bonchev–Trinajstić information content (AvgIpc) is 3.17. The third kappa shape index (κ3) is 4.80. The Kier molecular flexibility index (Phi) is 6.30. The van der Waals surface area contributed by atoms with E-state index in [4.69, 9.17) is 9.59 Å². The van der Waals surface area contributed by atoms with Gasteiger partial charge >= 0.3 is 10.1 Å². The fourth-order valence-electron chi connectivity index (χ4n) is 2.97. The summed E-state index contributed by atoms with van der Waals surface area (Å²) in [6.07, 6.45) is 1.39. The number of carbonyl (C=O) groups is 1. The normalized spacial score (nSPS) is 17.4. The van der Waals surface area contributed by atoms with Crippen molar-refractivity contribution in [2.75, 3.05) is 0 Å². The highest BCUT2D eigenvalue weighted by Crippen LogP contribution is 2.33. The van der Waals surface area contributed by atoms with Gasteiger partial charge in [0.05, 0.1) is 5.57 Å². The van der Waals surface area contributed by atoms with Gasteiger partial charge in [-0.3, -0.25) is 10.2 Å². The van der Waals surface area contributed by atoms with E-state index in [2.05, 4.69) is 26.0 Å². The van der Waals surface area contributed by atoms with Crippen LogP contribution in [0.5, 0.6) is 5.75 Å². The Morgan fingerprint density at radius 1 is 1.18 bits per heavy atom. The van der Waals surface area contributed by atoms with Crippen LogP contribution in [-0.4, -0.2) is 35.4 Å². The minimum absolute atomic E-state index is 0.00925. The molecule has 0 saturated carbocycles. The van der Waals surface area contributed by atoms with Gasteiger partial charge in [0.1, 0.15) is 15.7 Å². The van der Waals surface area contributed by atoms with Crippen LogP contribution in [0, 0.1) is 18.3 Å². The Balaban J connectivity index is 1.72. The van der Waals surface area contributed by atoms with Crippen molar-refractivity contribution in [3.05, 3.63) is 63.6 Å². The fourth-order valence-corrected chi connectivity index (χ4v) is 5.20. The molecule has 2 aromatic carbocycles. The molecular formula is C22H19BrN4O4S2. The van der Waals surface area contributed by atoms with Crippen LogP contribution in [0.1, 0.15) is 25.0 Å². The Hall–Kier alpha value is -2.76. The van der Waals surface area contributed by atoms with Gasteiger partial charge in [0.2, 0.25) is 5.17 Å². The van der Waals surface area contributed by atoms with Gasteiger partial charge in [-0.2, -0.15) is 23.5 Å². The number of hydrogen-bond donors (Lipinski definition) is 1. The van der Waals surface area contributed by atoms with E-state index < -0.39 is 16.0 Å². The van der Waals surface area contributed by atoms with Gasteiger partial charge in [-0.05, 0) is 55.1 Å². The average molecular weight is 547 g/mol. The predicted octanol–water partition coefficient (Wildman–Crippen LogP) is 4.80. The van der Waals surface area contributed by atoms with Gasteiger partial charge in [0.15, 0.2) is 5.84 Å². The maximum absolute atomic E-state index is 12.8.